The molecule has 27 heavy (non-hydrogen) atoms. The van der Waals surface area contributed by atoms with Gasteiger partial charge in [-0.25, -0.2) is 13.5 Å². The van der Waals surface area contributed by atoms with Crippen LogP contribution in [-0.4, -0.2) is 20.0 Å². The van der Waals surface area contributed by atoms with Crippen LogP contribution >= 0.6 is 0 Å². The number of benzene rings is 3. The minimum absolute atomic E-state index is 0.162. The quantitative estimate of drug-likeness (QED) is 0.509. The van der Waals surface area contributed by atoms with E-state index in [1.54, 1.807) is 16.8 Å². The standard InChI is InChI=1S/C21H14F2N2O2/c22-14-7-8-16(17(23)11-14)18-12-19(13-6-9-20(26)21(27)10-13)25(24-18)15-4-2-1-3-5-15/h1-12,26-27H. The van der Waals surface area contributed by atoms with E-state index in [0.717, 1.165) is 11.8 Å². The zero-order valence-electron chi connectivity index (χ0n) is 14.0. The van der Waals surface area contributed by atoms with Crippen LogP contribution in [0.3, 0.4) is 0 Å². The van der Waals surface area contributed by atoms with E-state index in [1.807, 2.05) is 30.3 Å². The lowest BCUT2D eigenvalue weighted by Gasteiger charge is -2.08. The van der Waals surface area contributed by atoms with E-state index in [1.165, 1.54) is 24.3 Å². The lowest BCUT2D eigenvalue weighted by Crippen LogP contribution is -1.99. The molecule has 1 aromatic heterocycles. The summed E-state index contributed by atoms with van der Waals surface area (Å²) in [6, 6.07) is 18.6. The Labute approximate surface area is 153 Å². The topological polar surface area (TPSA) is 58.3 Å². The highest BCUT2D eigenvalue weighted by Crippen LogP contribution is 2.34. The van der Waals surface area contributed by atoms with Gasteiger partial charge in [0.2, 0.25) is 0 Å². The molecule has 0 amide bonds. The van der Waals surface area contributed by atoms with Gasteiger partial charge in [0, 0.05) is 17.2 Å². The zero-order valence-corrected chi connectivity index (χ0v) is 14.0. The zero-order chi connectivity index (χ0) is 19.0. The molecule has 4 nitrogen and oxygen atoms in total. The number of halogens is 2. The maximum absolute atomic E-state index is 14.2. The lowest BCUT2D eigenvalue weighted by atomic mass is 10.1. The largest absolute Gasteiger partial charge is 0.504 e. The fourth-order valence-electron chi connectivity index (χ4n) is 2.86. The molecule has 0 radical (unpaired) electrons. The van der Waals surface area contributed by atoms with Gasteiger partial charge < -0.3 is 10.2 Å². The number of rotatable bonds is 3. The molecule has 4 aromatic rings. The van der Waals surface area contributed by atoms with Crippen molar-refractivity contribution >= 4 is 0 Å². The van der Waals surface area contributed by atoms with E-state index in [0.29, 0.717) is 17.0 Å². The summed E-state index contributed by atoms with van der Waals surface area (Å²) < 4.78 is 29.1. The van der Waals surface area contributed by atoms with Crippen molar-refractivity contribution in [3.05, 3.63) is 84.4 Å². The van der Waals surface area contributed by atoms with Gasteiger partial charge in [0.1, 0.15) is 11.6 Å². The first-order chi connectivity index (χ1) is 13.0. The number of phenols is 2. The first kappa shape index (κ1) is 16.8. The molecule has 0 aliphatic carbocycles. The molecule has 134 valence electrons. The van der Waals surface area contributed by atoms with Gasteiger partial charge in [-0.05, 0) is 48.5 Å². The van der Waals surface area contributed by atoms with E-state index >= 15 is 0 Å². The molecule has 0 aliphatic heterocycles. The van der Waals surface area contributed by atoms with Gasteiger partial charge in [-0.3, -0.25) is 0 Å². The summed E-state index contributed by atoms with van der Waals surface area (Å²) in [4.78, 5) is 0. The summed E-state index contributed by atoms with van der Waals surface area (Å²) in [7, 11) is 0. The molecule has 6 heteroatoms. The number of para-hydroxylation sites is 1. The second-order valence-electron chi connectivity index (χ2n) is 5.99. The first-order valence-corrected chi connectivity index (χ1v) is 8.16. The van der Waals surface area contributed by atoms with Crippen molar-refractivity contribution < 1.29 is 19.0 Å². The van der Waals surface area contributed by atoms with E-state index in [-0.39, 0.29) is 17.1 Å². The molecule has 2 N–H and O–H groups in total. The predicted molar refractivity (Wildman–Crippen MR) is 97.7 cm³/mol. The van der Waals surface area contributed by atoms with Crippen LogP contribution in [0.2, 0.25) is 0 Å². The Morgan fingerprint density at radius 3 is 2.26 bits per heavy atom. The third-order valence-corrected chi connectivity index (χ3v) is 4.19. The average Bonchev–Trinajstić information content (AvgIpc) is 3.10. The Hall–Kier alpha value is -3.67. The molecule has 0 unspecified atom stereocenters. The lowest BCUT2D eigenvalue weighted by molar-refractivity contribution is 0.404. The summed E-state index contributed by atoms with van der Waals surface area (Å²) in [5.74, 6) is -1.90. The van der Waals surface area contributed by atoms with Crippen molar-refractivity contribution in [1.82, 2.24) is 9.78 Å². The molecule has 0 aliphatic rings. The highest BCUT2D eigenvalue weighted by Gasteiger charge is 2.17. The Morgan fingerprint density at radius 1 is 0.778 bits per heavy atom. The molecular weight excluding hydrogens is 350 g/mol. The van der Waals surface area contributed by atoms with E-state index in [2.05, 4.69) is 5.10 Å². The molecule has 0 spiro atoms. The molecule has 3 aromatic carbocycles. The van der Waals surface area contributed by atoms with Gasteiger partial charge in [0.05, 0.1) is 17.1 Å². The minimum Gasteiger partial charge on any atom is -0.504 e. The van der Waals surface area contributed by atoms with Crippen molar-refractivity contribution in [2.75, 3.05) is 0 Å². The van der Waals surface area contributed by atoms with Gasteiger partial charge in [0.25, 0.3) is 0 Å². The normalized spacial score (nSPS) is 10.9. The van der Waals surface area contributed by atoms with Gasteiger partial charge in [-0.2, -0.15) is 5.10 Å². The Morgan fingerprint density at radius 2 is 1.56 bits per heavy atom. The van der Waals surface area contributed by atoms with Crippen molar-refractivity contribution in [3.63, 3.8) is 0 Å². The number of nitrogens with zero attached hydrogens (tertiary/aromatic N) is 2. The number of aromatic nitrogens is 2. The Kier molecular flexibility index (Phi) is 4.08. The Balaban J connectivity index is 1.93. The van der Waals surface area contributed by atoms with Crippen LogP contribution in [0, 0.1) is 11.6 Å². The number of phenolic OH excluding ortho intramolecular Hbond substituents is 2. The van der Waals surface area contributed by atoms with Crippen LogP contribution in [0.15, 0.2) is 72.8 Å². The van der Waals surface area contributed by atoms with E-state index < -0.39 is 11.6 Å². The molecule has 0 bridgehead atoms. The SMILES string of the molecule is Oc1ccc(-c2cc(-c3ccc(F)cc3F)nn2-c2ccccc2)cc1O. The molecule has 0 saturated carbocycles. The van der Waals surface area contributed by atoms with Crippen molar-refractivity contribution in [2.24, 2.45) is 0 Å². The first-order valence-electron chi connectivity index (χ1n) is 8.16. The minimum atomic E-state index is -0.715. The van der Waals surface area contributed by atoms with Crippen LogP contribution in [0.4, 0.5) is 8.78 Å². The molecule has 4 rings (SSSR count). The van der Waals surface area contributed by atoms with Crippen LogP contribution in [0.1, 0.15) is 0 Å². The summed E-state index contributed by atoms with van der Waals surface area (Å²) in [5, 5.41) is 23.9. The highest BCUT2D eigenvalue weighted by atomic mass is 19.1. The number of hydrogen-bond donors (Lipinski definition) is 2. The van der Waals surface area contributed by atoms with E-state index in [4.69, 9.17) is 0 Å². The summed E-state index contributed by atoms with van der Waals surface area (Å²) >= 11 is 0. The second-order valence-corrected chi connectivity index (χ2v) is 5.99. The van der Waals surface area contributed by atoms with Crippen LogP contribution in [0.25, 0.3) is 28.2 Å². The average molecular weight is 364 g/mol. The van der Waals surface area contributed by atoms with Crippen LogP contribution < -0.4 is 0 Å². The van der Waals surface area contributed by atoms with E-state index in [9.17, 15) is 19.0 Å². The maximum atomic E-state index is 14.2. The molecule has 1 heterocycles. The van der Waals surface area contributed by atoms with Gasteiger partial charge in [-0.15, -0.1) is 0 Å². The third-order valence-electron chi connectivity index (χ3n) is 4.19. The number of hydrogen-bond acceptors (Lipinski definition) is 3. The summed E-state index contributed by atoms with van der Waals surface area (Å²) in [5.41, 5.74) is 2.37. The molecule has 0 saturated heterocycles. The molecule has 0 atom stereocenters. The fraction of sp³-hybridized carbons (Fsp3) is 0. The van der Waals surface area contributed by atoms with Crippen molar-refractivity contribution in [1.29, 1.82) is 0 Å². The van der Waals surface area contributed by atoms with Gasteiger partial charge in [0.15, 0.2) is 11.5 Å². The maximum Gasteiger partial charge on any atom is 0.158 e. The summed E-state index contributed by atoms with van der Waals surface area (Å²) in [6.45, 7) is 0. The fourth-order valence-corrected chi connectivity index (χ4v) is 2.86. The smallest absolute Gasteiger partial charge is 0.158 e. The second kappa shape index (κ2) is 6.57. The molecule has 0 fully saturated rings. The predicted octanol–water partition coefficient (Wildman–Crippen LogP) is 4.90. The number of aromatic hydroxyl groups is 2. The van der Waals surface area contributed by atoms with Crippen molar-refractivity contribution in [2.45, 2.75) is 0 Å². The van der Waals surface area contributed by atoms with Crippen LogP contribution in [0.5, 0.6) is 11.5 Å². The summed E-state index contributed by atoms with van der Waals surface area (Å²) in [6.07, 6.45) is 0. The molecular formula is C21H14F2N2O2. The van der Waals surface area contributed by atoms with Gasteiger partial charge >= 0.3 is 0 Å². The van der Waals surface area contributed by atoms with Crippen LogP contribution in [-0.2, 0) is 0 Å². The van der Waals surface area contributed by atoms with Gasteiger partial charge in [-0.1, -0.05) is 18.2 Å². The van der Waals surface area contributed by atoms with Crippen molar-refractivity contribution in [3.8, 4) is 39.7 Å². The monoisotopic (exact) mass is 364 g/mol. The highest BCUT2D eigenvalue weighted by molar-refractivity contribution is 5.72. The third kappa shape index (κ3) is 3.13. The Bertz CT molecular complexity index is 1120.